The predicted octanol–water partition coefficient (Wildman–Crippen LogP) is 0.345. The van der Waals surface area contributed by atoms with Crippen LogP contribution in [0.3, 0.4) is 0 Å². The minimum Gasteiger partial charge on any atom is -0.375 e. The number of rotatable bonds is 5. The Morgan fingerprint density at radius 1 is 1.85 bits per heavy atom. The predicted molar refractivity (Wildman–Crippen MR) is 53.5 cm³/mol. The summed E-state index contributed by atoms with van der Waals surface area (Å²) in [5, 5.41) is 11.9. The van der Waals surface area contributed by atoms with Crippen molar-refractivity contribution in [3.63, 3.8) is 0 Å². The number of primary amides is 1. The highest BCUT2D eigenvalue weighted by molar-refractivity contribution is 8.02. The van der Waals surface area contributed by atoms with Crippen molar-refractivity contribution in [2.75, 3.05) is 12.8 Å². The molecule has 0 saturated heterocycles. The van der Waals surface area contributed by atoms with Crippen LogP contribution in [0.1, 0.15) is 0 Å². The van der Waals surface area contributed by atoms with Crippen molar-refractivity contribution in [1.29, 1.82) is 5.26 Å². The first kappa shape index (κ1) is 11.6. The van der Waals surface area contributed by atoms with Gasteiger partial charge in [0, 0.05) is 6.54 Å². The van der Waals surface area contributed by atoms with Gasteiger partial charge in [-0.05, 0) is 6.26 Å². The molecule has 4 nitrogen and oxygen atoms in total. The zero-order valence-electron chi connectivity index (χ0n) is 7.33. The Labute approximate surface area is 81.5 Å². The summed E-state index contributed by atoms with van der Waals surface area (Å²) in [6.45, 7) is 4.00. The van der Waals surface area contributed by atoms with Crippen molar-refractivity contribution in [1.82, 2.24) is 5.32 Å². The molecule has 0 aliphatic heterocycles. The summed E-state index contributed by atoms with van der Waals surface area (Å²) < 4.78 is 0. The molecule has 3 N–H and O–H groups in total. The third-order valence-corrected chi connectivity index (χ3v) is 1.95. The number of nitriles is 1. The van der Waals surface area contributed by atoms with Gasteiger partial charge < -0.3 is 11.1 Å². The van der Waals surface area contributed by atoms with E-state index in [4.69, 9.17) is 11.0 Å². The van der Waals surface area contributed by atoms with Gasteiger partial charge in [-0.1, -0.05) is 6.08 Å². The van der Waals surface area contributed by atoms with Gasteiger partial charge in [0.1, 0.15) is 11.6 Å². The Morgan fingerprint density at radius 2 is 2.46 bits per heavy atom. The van der Waals surface area contributed by atoms with Crippen LogP contribution in [0.15, 0.2) is 23.3 Å². The van der Waals surface area contributed by atoms with Gasteiger partial charge in [0.2, 0.25) is 0 Å². The van der Waals surface area contributed by atoms with E-state index in [9.17, 15) is 4.79 Å². The standard InChI is InChI=1S/C8H11N3OS/c1-3-4-11-8(13-2)6(5-9)7(10)12/h3,11H,1,4H2,2H3,(H2,10,12)/b8-6+. The van der Waals surface area contributed by atoms with E-state index in [-0.39, 0.29) is 5.57 Å². The zero-order chi connectivity index (χ0) is 10.3. The lowest BCUT2D eigenvalue weighted by atomic mass is 10.3. The summed E-state index contributed by atoms with van der Waals surface area (Å²) in [5.74, 6) is -0.719. The molecular formula is C8H11N3OS. The van der Waals surface area contributed by atoms with Crippen LogP contribution < -0.4 is 11.1 Å². The minimum atomic E-state index is -0.719. The summed E-state index contributed by atoms with van der Waals surface area (Å²) in [6.07, 6.45) is 3.39. The molecule has 0 aromatic heterocycles. The molecule has 13 heavy (non-hydrogen) atoms. The Balaban J connectivity index is 4.74. The van der Waals surface area contributed by atoms with Gasteiger partial charge in [-0.3, -0.25) is 4.79 Å². The average molecular weight is 197 g/mol. The van der Waals surface area contributed by atoms with E-state index in [0.717, 1.165) is 0 Å². The normalized spacial score (nSPS) is 11.1. The highest BCUT2D eigenvalue weighted by Crippen LogP contribution is 2.12. The van der Waals surface area contributed by atoms with Crippen LogP contribution in [0.25, 0.3) is 0 Å². The van der Waals surface area contributed by atoms with Crippen LogP contribution >= 0.6 is 11.8 Å². The molecule has 0 aromatic rings. The number of amides is 1. The van der Waals surface area contributed by atoms with Gasteiger partial charge in [0.25, 0.3) is 5.91 Å². The van der Waals surface area contributed by atoms with Crippen LogP contribution in [-0.2, 0) is 4.79 Å². The molecule has 70 valence electrons. The third-order valence-electron chi connectivity index (χ3n) is 1.20. The van der Waals surface area contributed by atoms with Crippen LogP contribution in [-0.4, -0.2) is 18.7 Å². The Hall–Kier alpha value is -1.41. The van der Waals surface area contributed by atoms with Gasteiger partial charge in [-0.15, -0.1) is 18.3 Å². The first-order chi connectivity index (χ1) is 6.17. The molecule has 0 aromatic carbocycles. The fourth-order valence-corrected chi connectivity index (χ4v) is 1.22. The molecule has 0 spiro atoms. The molecule has 0 aliphatic rings. The minimum absolute atomic E-state index is 0.0469. The van der Waals surface area contributed by atoms with Crippen molar-refractivity contribution in [3.8, 4) is 6.07 Å². The van der Waals surface area contributed by atoms with Gasteiger partial charge >= 0.3 is 0 Å². The summed E-state index contributed by atoms with van der Waals surface area (Å²) in [6, 6.07) is 1.75. The van der Waals surface area contributed by atoms with Crippen LogP contribution in [0.4, 0.5) is 0 Å². The summed E-state index contributed by atoms with van der Waals surface area (Å²) in [5.41, 5.74) is 4.95. The average Bonchev–Trinajstić information content (AvgIpc) is 2.11. The molecule has 0 aliphatic carbocycles. The molecule has 0 atom stereocenters. The maximum absolute atomic E-state index is 10.8. The number of nitrogens with zero attached hydrogens (tertiary/aromatic N) is 1. The summed E-state index contributed by atoms with van der Waals surface area (Å²) >= 11 is 1.27. The number of nitrogens with two attached hydrogens (primary N) is 1. The lowest BCUT2D eigenvalue weighted by Crippen LogP contribution is -2.20. The van der Waals surface area contributed by atoms with E-state index in [1.165, 1.54) is 11.8 Å². The molecule has 0 radical (unpaired) electrons. The molecular weight excluding hydrogens is 186 g/mol. The molecule has 0 unspecified atom stereocenters. The maximum Gasteiger partial charge on any atom is 0.262 e. The molecule has 0 rings (SSSR count). The van der Waals surface area contributed by atoms with E-state index in [1.807, 2.05) is 0 Å². The van der Waals surface area contributed by atoms with E-state index in [0.29, 0.717) is 11.6 Å². The van der Waals surface area contributed by atoms with Gasteiger partial charge in [-0.2, -0.15) is 5.26 Å². The first-order valence-corrected chi connectivity index (χ1v) is 4.72. The van der Waals surface area contributed by atoms with E-state index >= 15 is 0 Å². The Morgan fingerprint density at radius 3 is 2.77 bits per heavy atom. The Bertz CT molecular complexity index is 278. The van der Waals surface area contributed by atoms with Crippen LogP contribution in [0.5, 0.6) is 0 Å². The largest absolute Gasteiger partial charge is 0.375 e. The van der Waals surface area contributed by atoms with Gasteiger partial charge in [0.15, 0.2) is 0 Å². The van der Waals surface area contributed by atoms with E-state index in [1.54, 1.807) is 18.4 Å². The third kappa shape index (κ3) is 3.67. The van der Waals surface area contributed by atoms with E-state index in [2.05, 4.69) is 11.9 Å². The lowest BCUT2D eigenvalue weighted by Gasteiger charge is -2.06. The van der Waals surface area contributed by atoms with Crippen molar-refractivity contribution in [3.05, 3.63) is 23.3 Å². The molecule has 0 saturated carbocycles. The highest BCUT2D eigenvalue weighted by Gasteiger charge is 2.10. The summed E-state index contributed by atoms with van der Waals surface area (Å²) in [4.78, 5) is 10.8. The summed E-state index contributed by atoms with van der Waals surface area (Å²) in [7, 11) is 0. The first-order valence-electron chi connectivity index (χ1n) is 3.50. The second-order valence-electron chi connectivity index (χ2n) is 2.05. The molecule has 0 heterocycles. The van der Waals surface area contributed by atoms with Crippen LogP contribution in [0.2, 0.25) is 0 Å². The number of hydrogen-bond donors (Lipinski definition) is 2. The van der Waals surface area contributed by atoms with Crippen molar-refractivity contribution in [2.45, 2.75) is 0 Å². The topological polar surface area (TPSA) is 78.9 Å². The number of hydrogen-bond acceptors (Lipinski definition) is 4. The smallest absolute Gasteiger partial charge is 0.262 e. The SMILES string of the molecule is C=CCN/C(SC)=C(/C#N)C(N)=O. The number of carbonyl (C=O) groups is 1. The van der Waals surface area contributed by atoms with Gasteiger partial charge in [0.05, 0.1) is 5.03 Å². The molecule has 0 fully saturated rings. The maximum atomic E-state index is 10.8. The van der Waals surface area contributed by atoms with E-state index < -0.39 is 5.91 Å². The van der Waals surface area contributed by atoms with Crippen molar-refractivity contribution in [2.24, 2.45) is 5.73 Å². The lowest BCUT2D eigenvalue weighted by molar-refractivity contribution is -0.114. The Kier molecular flexibility index (Phi) is 5.48. The quantitative estimate of drug-likeness (QED) is 0.378. The number of thioether (sulfide) groups is 1. The fourth-order valence-electron chi connectivity index (χ4n) is 0.645. The number of carbonyl (C=O) groups excluding carboxylic acids is 1. The zero-order valence-corrected chi connectivity index (χ0v) is 8.15. The van der Waals surface area contributed by atoms with Crippen LogP contribution in [0, 0.1) is 11.3 Å². The fraction of sp³-hybridized carbons (Fsp3) is 0.250. The van der Waals surface area contributed by atoms with Crippen molar-refractivity contribution >= 4 is 17.7 Å². The molecule has 1 amide bonds. The van der Waals surface area contributed by atoms with Gasteiger partial charge in [-0.25, -0.2) is 0 Å². The number of nitrogens with one attached hydrogen (secondary N) is 1. The highest BCUT2D eigenvalue weighted by atomic mass is 32.2. The van der Waals surface area contributed by atoms with Crippen molar-refractivity contribution < 1.29 is 4.79 Å². The second kappa shape index (κ2) is 6.14. The molecule has 0 bridgehead atoms. The second-order valence-corrected chi connectivity index (χ2v) is 2.87. The molecule has 5 heteroatoms. The monoisotopic (exact) mass is 197 g/mol.